The van der Waals surface area contributed by atoms with Crippen molar-refractivity contribution in [1.82, 2.24) is 20.3 Å². The first-order valence-electron chi connectivity index (χ1n) is 11.3. The van der Waals surface area contributed by atoms with E-state index in [1.807, 2.05) is 30.3 Å². The zero-order valence-corrected chi connectivity index (χ0v) is 18.4. The fourth-order valence-corrected chi connectivity index (χ4v) is 4.32. The Bertz CT molecular complexity index is 1180. The standard InChI is InChI=1S/C22H19N3O.C4H10N2/c1-15-10-12-22(26-21-13-11-16-6-2-3-7-17(16)21)20(14-15)25-23-18-8-4-5-9-19(18)24-25;5-4-1-2-6-3-4/h2-10,12,14,21H,11,13H2,1H3;4,6H,1-3,5H2. The van der Waals surface area contributed by atoms with Crippen LogP contribution in [-0.2, 0) is 6.42 Å². The number of hydrogen-bond donors (Lipinski definition) is 2. The summed E-state index contributed by atoms with van der Waals surface area (Å²) in [6.07, 6.45) is 3.30. The summed E-state index contributed by atoms with van der Waals surface area (Å²) >= 11 is 0. The van der Waals surface area contributed by atoms with E-state index in [9.17, 15) is 0 Å². The van der Waals surface area contributed by atoms with E-state index in [2.05, 4.69) is 58.8 Å². The van der Waals surface area contributed by atoms with Gasteiger partial charge in [-0.05, 0) is 73.7 Å². The fourth-order valence-electron chi connectivity index (χ4n) is 4.32. The number of nitrogens with one attached hydrogen (secondary N) is 1. The molecule has 0 radical (unpaired) electrons. The van der Waals surface area contributed by atoms with Gasteiger partial charge < -0.3 is 15.8 Å². The van der Waals surface area contributed by atoms with Gasteiger partial charge in [0.15, 0.2) is 0 Å². The van der Waals surface area contributed by atoms with Gasteiger partial charge >= 0.3 is 0 Å². The van der Waals surface area contributed by atoms with Gasteiger partial charge in [-0.1, -0.05) is 42.5 Å². The maximum atomic E-state index is 6.44. The number of hydrogen-bond acceptors (Lipinski definition) is 5. The highest BCUT2D eigenvalue weighted by Crippen LogP contribution is 2.36. The van der Waals surface area contributed by atoms with Crippen molar-refractivity contribution in [2.45, 2.75) is 38.3 Å². The van der Waals surface area contributed by atoms with Crippen LogP contribution in [0.4, 0.5) is 0 Å². The van der Waals surface area contributed by atoms with Crippen molar-refractivity contribution >= 4 is 11.0 Å². The number of aromatic nitrogens is 3. The molecule has 3 aromatic carbocycles. The molecule has 0 spiro atoms. The van der Waals surface area contributed by atoms with Gasteiger partial charge in [0.05, 0.1) is 0 Å². The summed E-state index contributed by atoms with van der Waals surface area (Å²) < 4.78 is 6.44. The normalized spacial score (nSPS) is 19.4. The smallest absolute Gasteiger partial charge is 0.147 e. The van der Waals surface area contributed by atoms with E-state index in [-0.39, 0.29) is 6.10 Å². The molecular weight excluding hydrogens is 398 g/mol. The van der Waals surface area contributed by atoms with Crippen LogP contribution in [0, 0.1) is 6.92 Å². The molecule has 4 aromatic rings. The molecule has 32 heavy (non-hydrogen) atoms. The fraction of sp³-hybridized carbons (Fsp3) is 0.308. The molecule has 2 atom stereocenters. The quantitative estimate of drug-likeness (QED) is 0.515. The molecular formula is C26H29N5O. The van der Waals surface area contributed by atoms with Gasteiger partial charge in [-0.25, -0.2) is 0 Å². The SMILES string of the molecule is Cc1ccc(OC2CCc3ccccc32)c(-n2nc3ccccc3n2)c1.NC1CCNC1. The summed E-state index contributed by atoms with van der Waals surface area (Å²) in [6.45, 7) is 4.20. The largest absolute Gasteiger partial charge is 0.483 e. The molecule has 2 unspecified atom stereocenters. The summed E-state index contributed by atoms with van der Waals surface area (Å²) in [5.74, 6) is 0.817. The zero-order chi connectivity index (χ0) is 21.9. The van der Waals surface area contributed by atoms with Gasteiger partial charge in [0, 0.05) is 12.6 Å². The lowest BCUT2D eigenvalue weighted by Gasteiger charge is -2.17. The third-order valence-electron chi connectivity index (χ3n) is 6.06. The molecule has 2 heterocycles. The first kappa shape index (κ1) is 20.7. The van der Waals surface area contributed by atoms with Crippen molar-refractivity contribution in [1.29, 1.82) is 0 Å². The molecule has 1 aliphatic carbocycles. The summed E-state index contributed by atoms with van der Waals surface area (Å²) in [7, 11) is 0. The van der Waals surface area contributed by atoms with E-state index in [4.69, 9.17) is 10.5 Å². The van der Waals surface area contributed by atoms with Crippen molar-refractivity contribution in [3.05, 3.63) is 83.4 Å². The molecule has 0 amide bonds. The first-order chi connectivity index (χ1) is 15.7. The van der Waals surface area contributed by atoms with E-state index in [0.29, 0.717) is 6.04 Å². The maximum Gasteiger partial charge on any atom is 0.147 e. The third kappa shape index (κ3) is 4.38. The average molecular weight is 428 g/mol. The van der Waals surface area contributed by atoms with Crippen molar-refractivity contribution < 1.29 is 4.74 Å². The zero-order valence-electron chi connectivity index (χ0n) is 18.4. The van der Waals surface area contributed by atoms with Gasteiger partial charge in [-0.3, -0.25) is 0 Å². The Morgan fingerprint density at radius 1 is 0.969 bits per heavy atom. The van der Waals surface area contributed by atoms with Crippen LogP contribution in [0.1, 0.15) is 35.6 Å². The topological polar surface area (TPSA) is 78.0 Å². The van der Waals surface area contributed by atoms with Crippen LogP contribution in [-0.4, -0.2) is 34.1 Å². The molecule has 0 saturated carbocycles. The number of fused-ring (bicyclic) bond motifs is 2. The number of rotatable bonds is 3. The molecule has 1 aromatic heterocycles. The molecule has 6 heteroatoms. The van der Waals surface area contributed by atoms with Crippen LogP contribution < -0.4 is 15.8 Å². The highest BCUT2D eigenvalue weighted by atomic mass is 16.5. The van der Waals surface area contributed by atoms with E-state index >= 15 is 0 Å². The number of aryl methyl sites for hydroxylation is 2. The molecule has 0 bridgehead atoms. The molecule has 3 N–H and O–H groups in total. The van der Waals surface area contributed by atoms with E-state index in [1.54, 1.807) is 4.80 Å². The number of nitrogens with zero attached hydrogens (tertiary/aromatic N) is 3. The van der Waals surface area contributed by atoms with Crippen LogP contribution in [0.15, 0.2) is 66.7 Å². The van der Waals surface area contributed by atoms with Gasteiger partial charge in [-0.15, -0.1) is 15.0 Å². The van der Waals surface area contributed by atoms with E-state index < -0.39 is 0 Å². The highest BCUT2D eigenvalue weighted by Gasteiger charge is 2.25. The Morgan fingerprint density at radius 2 is 1.72 bits per heavy atom. The lowest BCUT2D eigenvalue weighted by Crippen LogP contribution is -2.21. The summed E-state index contributed by atoms with van der Waals surface area (Å²) in [5.41, 5.74) is 11.9. The Balaban J connectivity index is 0.000000314. The molecule has 1 aliphatic heterocycles. The Kier molecular flexibility index (Phi) is 5.88. The summed E-state index contributed by atoms with van der Waals surface area (Å²) in [4.78, 5) is 1.69. The summed E-state index contributed by atoms with van der Waals surface area (Å²) in [5, 5.41) is 12.4. The lowest BCUT2D eigenvalue weighted by atomic mass is 10.1. The number of benzene rings is 3. The van der Waals surface area contributed by atoms with Crippen molar-refractivity contribution in [2.75, 3.05) is 13.1 Å². The second-order valence-electron chi connectivity index (χ2n) is 8.55. The minimum absolute atomic E-state index is 0.0811. The van der Waals surface area contributed by atoms with Crippen LogP contribution >= 0.6 is 0 Å². The van der Waals surface area contributed by atoms with Gasteiger partial charge in [0.2, 0.25) is 0 Å². The Morgan fingerprint density at radius 3 is 2.41 bits per heavy atom. The minimum atomic E-state index is 0.0811. The molecule has 6 nitrogen and oxygen atoms in total. The first-order valence-corrected chi connectivity index (χ1v) is 11.3. The Hall–Kier alpha value is -3.22. The molecule has 1 saturated heterocycles. The number of ether oxygens (including phenoxy) is 1. The lowest BCUT2D eigenvalue weighted by molar-refractivity contribution is 0.206. The van der Waals surface area contributed by atoms with Gasteiger partial charge in [0.25, 0.3) is 0 Å². The number of nitrogens with two attached hydrogens (primary N) is 1. The third-order valence-corrected chi connectivity index (χ3v) is 6.06. The van der Waals surface area contributed by atoms with Crippen LogP contribution in [0.5, 0.6) is 5.75 Å². The predicted octanol–water partition coefficient (Wildman–Crippen LogP) is 4.10. The average Bonchev–Trinajstić information content (AvgIpc) is 3.55. The van der Waals surface area contributed by atoms with E-state index in [1.165, 1.54) is 11.1 Å². The molecule has 2 aliphatic rings. The van der Waals surface area contributed by atoms with Crippen LogP contribution in [0.3, 0.4) is 0 Å². The Labute approximate surface area is 188 Å². The van der Waals surface area contributed by atoms with Crippen molar-refractivity contribution in [2.24, 2.45) is 5.73 Å². The monoisotopic (exact) mass is 427 g/mol. The second kappa shape index (κ2) is 9.10. The maximum absolute atomic E-state index is 6.44. The van der Waals surface area contributed by atoms with Crippen LogP contribution in [0.2, 0.25) is 0 Å². The van der Waals surface area contributed by atoms with Gasteiger partial charge in [-0.2, -0.15) is 0 Å². The van der Waals surface area contributed by atoms with Crippen molar-refractivity contribution in [3.63, 3.8) is 0 Å². The molecule has 164 valence electrons. The van der Waals surface area contributed by atoms with Crippen LogP contribution in [0.25, 0.3) is 16.7 Å². The minimum Gasteiger partial charge on any atom is -0.483 e. The summed E-state index contributed by atoms with van der Waals surface area (Å²) in [6, 6.07) is 23.1. The molecule has 6 rings (SSSR count). The van der Waals surface area contributed by atoms with Gasteiger partial charge in [0.1, 0.15) is 28.6 Å². The van der Waals surface area contributed by atoms with Crippen molar-refractivity contribution in [3.8, 4) is 11.4 Å². The second-order valence-corrected chi connectivity index (χ2v) is 8.55. The highest BCUT2D eigenvalue weighted by molar-refractivity contribution is 5.73. The predicted molar refractivity (Wildman–Crippen MR) is 127 cm³/mol. The van der Waals surface area contributed by atoms with E-state index in [0.717, 1.165) is 60.4 Å². The molecule has 1 fully saturated rings.